The van der Waals surface area contributed by atoms with E-state index in [2.05, 4.69) is 0 Å². The molecular formula is C13H16ClFN2O3. The lowest BCUT2D eigenvalue weighted by molar-refractivity contribution is -0.384. The van der Waals surface area contributed by atoms with E-state index < -0.39 is 10.7 Å². The molecule has 1 aromatic carbocycles. The van der Waals surface area contributed by atoms with E-state index in [1.165, 1.54) is 0 Å². The highest BCUT2D eigenvalue weighted by Gasteiger charge is 2.28. The first kappa shape index (κ1) is 15.0. The lowest BCUT2D eigenvalue weighted by Gasteiger charge is -2.30. The van der Waals surface area contributed by atoms with Crippen molar-refractivity contribution in [2.45, 2.75) is 31.7 Å². The van der Waals surface area contributed by atoms with Gasteiger partial charge in [-0.1, -0.05) is 24.4 Å². The summed E-state index contributed by atoms with van der Waals surface area (Å²) in [6.07, 6.45) is 3.54. The molecule has 1 aliphatic rings. The first-order chi connectivity index (χ1) is 9.54. The Hall–Kier alpha value is -1.40. The van der Waals surface area contributed by atoms with Gasteiger partial charge in [0.25, 0.3) is 5.69 Å². The summed E-state index contributed by atoms with van der Waals surface area (Å²) in [5, 5.41) is 20.3. The first-order valence-corrected chi connectivity index (χ1v) is 6.93. The maximum Gasteiger partial charge on any atom is 0.294 e. The Balaban J connectivity index is 2.47. The number of nitro groups is 1. The van der Waals surface area contributed by atoms with Gasteiger partial charge in [-0.25, -0.2) is 4.39 Å². The van der Waals surface area contributed by atoms with Crippen LogP contribution in [0.5, 0.6) is 0 Å². The summed E-state index contributed by atoms with van der Waals surface area (Å²) in [4.78, 5) is 12.3. The Morgan fingerprint density at radius 3 is 2.85 bits per heavy atom. The second-order valence-corrected chi connectivity index (χ2v) is 5.30. The SMILES string of the molecule is O=[N+]([O-])c1cc(Cl)c(F)cc1N1CCCCCC1CO. The van der Waals surface area contributed by atoms with Crippen LogP contribution in [0.1, 0.15) is 25.7 Å². The average Bonchev–Trinajstić information content (AvgIpc) is 2.66. The third-order valence-corrected chi connectivity index (χ3v) is 3.90. The van der Waals surface area contributed by atoms with Crippen LogP contribution in [0.15, 0.2) is 12.1 Å². The second-order valence-electron chi connectivity index (χ2n) is 4.89. The highest BCUT2D eigenvalue weighted by Crippen LogP contribution is 2.36. The van der Waals surface area contributed by atoms with E-state index in [0.29, 0.717) is 6.54 Å². The van der Waals surface area contributed by atoms with Gasteiger partial charge in [0.15, 0.2) is 0 Å². The van der Waals surface area contributed by atoms with Crippen molar-refractivity contribution in [1.82, 2.24) is 0 Å². The number of nitrogens with zero attached hydrogens (tertiary/aromatic N) is 2. The maximum absolute atomic E-state index is 13.7. The zero-order valence-corrected chi connectivity index (χ0v) is 11.6. The molecule has 1 aromatic rings. The summed E-state index contributed by atoms with van der Waals surface area (Å²) in [7, 11) is 0. The highest BCUT2D eigenvalue weighted by molar-refractivity contribution is 6.31. The highest BCUT2D eigenvalue weighted by atomic mass is 35.5. The van der Waals surface area contributed by atoms with Gasteiger partial charge in [0.1, 0.15) is 11.5 Å². The van der Waals surface area contributed by atoms with Gasteiger partial charge in [-0.05, 0) is 12.8 Å². The molecule has 0 aromatic heterocycles. The van der Waals surface area contributed by atoms with Crippen LogP contribution in [-0.4, -0.2) is 29.2 Å². The van der Waals surface area contributed by atoms with Crippen LogP contribution in [0.2, 0.25) is 5.02 Å². The summed E-state index contributed by atoms with van der Waals surface area (Å²) in [5.74, 6) is -0.687. The molecular weight excluding hydrogens is 287 g/mol. The van der Waals surface area contributed by atoms with Crippen LogP contribution >= 0.6 is 11.6 Å². The number of benzene rings is 1. The molecule has 110 valence electrons. The largest absolute Gasteiger partial charge is 0.394 e. The van der Waals surface area contributed by atoms with Crippen LogP contribution in [0.3, 0.4) is 0 Å². The lowest BCUT2D eigenvalue weighted by Crippen LogP contribution is -2.38. The predicted octanol–water partition coefficient (Wildman–Crippen LogP) is 3.13. The molecule has 0 bridgehead atoms. The van der Waals surface area contributed by atoms with Crippen LogP contribution in [0, 0.1) is 15.9 Å². The van der Waals surface area contributed by atoms with Gasteiger partial charge < -0.3 is 10.0 Å². The fraction of sp³-hybridized carbons (Fsp3) is 0.538. The minimum absolute atomic E-state index is 0.110. The molecule has 1 N–H and O–H groups in total. The summed E-state index contributed by atoms with van der Waals surface area (Å²) < 4.78 is 13.7. The second kappa shape index (κ2) is 6.37. The van der Waals surface area contributed by atoms with E-state index in [4.69, 9.17) is 11.6 Å². The molecule has 0 spiro atoms. The van der Waals surface area contributed by atoms with E-state index >= 15 is 0 Å². The van der Waals surface area contributed by atoms with Crippen molar-refractivity contribution in [1.29, 1.82) is 0 Å². The molecule has 1 saturated heterocycles. The number of hydrogen-bond acceptors (Lipinski definition) is 4. The Bertz CT molecular complexity index is 513. The van der Waals surface area contributed by atoms with Gasteiger partial charge in [0.2, 0.25) is 0 Å². The summed E-state index contributed by atoms with van der Waals surface area (Å²) in [6, 6.07) is 1.90. The van der Waals surface area contributed by atoms with Gasteiger partial charge in [-0.3, -0.25) is 10.1 Å². The average molecular weight is 303 g/mol. The molecule has 0 amide bonds. The van der Waals surface area contributed by atoms with Crippen molar-refractivity contribution < 1.29 is 14.4 Å². The van der Waals surface area contributed by atoms with E-state index in [9.17, 15) is 19.6 Å². The number of aliphatic hydroxyl groups is 1. The molecule has 5 nitrogen and oxygen atoms in total. The minimum atomic E-state index is -0.687. The summed E-state index contributed by atoms with van der Waals surface area (Å²) >= 11 is 5.62. The number of anilines is 1. The number of nitro benzene ring substituents is 1. The monoisotopic (exact) mass is 302 g/mol. The Kier molecular flexibility index (Phi) is 4.77. The van der Waals surface area contributed by atoms with Crippen LogP contribution in [-0.2, 0) is 0 Å². The van der Waals surface area contributed by atoms with Gasteiger partial charge in [0, 0.05) is 18.7 Å². The quantitative estimate of drug-likeness (QED) is 0.688. The Morgan fingerprint density at radius 1 is 1.45 bits per heavy atom. The maximum atomic E-state index is 13.7. The minimum Gasteiger partial charge on any atom is -0.394 e. The fourth-order valence-electron chi connectivity index (χ4n) is 2.59. The third kappa shape index (κ3) is 3.02. The topological polar surface area (TPSA) is 66.6 Å². The van der Waals surface area contributed by atoms with Crippen molar-refractivity contribution in [2.24, 2.45) is 0 Å². The first-order valence-electron chi connectivity index (χ1n) is 6.55. The predicted molar refractivity (Wildman–Crippen MR) is 74.8 cm³/mol. The summed E-state index contributed by atoms with van der Waals surface area (Å²) in [5.41, 5.74) is -0.0328. The number of halogens is 2. The van der Waals surface area contributed by atoms with Crippen molar-refractivity contribution in [2.75, 3.05) is 18.1 Å². The number of hydrogen-bond donors (Lipinski definition) is 1. The van der Waals surface area contributed by atoms with Crippen LogP contribution in [0.4, 0.5) is 15.8 Å². The molecule has 1 atom stereocenters. The molecule has 0 aliphatic carbocycles. The van der Waals surface area contributed by atoms with Crippen LogP contribution < -0.4 is 4.90 Å². The fourth-order valence-corrected chi connectivity index (χ4v) is 2.74. The standard InChI is InChI=1S/C13H16ClFN2O3/c14-10-6-13(17(19)20)12(7-11(10)15)16-5-3-1-2-4-9(16)8-18/h6-7,9,18H,1-5,8H2. The van der Waals surface area contributed by atoms with E-state index in [1.54, 1.807) is 4.90 Å². The smallest absolute Gasteiger partial charge is 0.294 e. The molecule has 1 unspecified atom stereocenters. The Morgan fingerprint density at radius 2 is 2.20 bits per heavy atom. The van der Waals surface area contributed by atoms with Crippen molar-refractivity contribution >= 4 is 23.0 Å². The van der Waals surface area contributed by atoms with Gasteiger partial charge >= 0.3 is 0 Å². The van der Waals surface area contributed by atoms with Crippen molar-refractivity contribution in [3.8, 4) is 0 Å². The normalized spacial score (nSPS) is 19.8. The third-order valence-electron chi connectivity index (χ3n) is 3.61. The lowest BCUT2D eigenvalue weighted by atomic mass is 10.1. The molecule has 7 heteroatoms. The molecule has 1 heterocycles. The van der Waals surface area contributed by atoms with Crippen molar-refractivity contribution in [3.63, 3.8) is 0 Å². The Labute approximate surface area is 121 Å². The van der Waals surface area contributed by atoms with E-state index in [0.717, 1.165) is 37.8 Å². The van der Waals surface area contributed by atoms with Crippen molar-refractivity contribution in [3.05, 3.63) is 33.1 Å². The van der Waals surface area contributed by atoms with Gasteiger partial charge in [-0.15, -0.1) is 0 Å². The van der Waals surface area contributed by atoms with E-state index in [-0.39, 0.29) is 29.0 Å². The van der Waals surface area contributed by atoms with Gasteiger partial charge in [0.05, 0.1) is 22.6 Å². The molecule has 20 heavy (non-hydrogen) atoms. The molecule has 0 saturated carbocycles. The zero-order valence-electron chi connectivity index (χ0n) is 10.9. The molecule has 1 aliphatic heterocycles. The zero-order chi connectivity index (χ0) is 14.7. The summed E-state index contributed by atoms with van der Waals surface area (Å²) in [6.45, 7) is 0.453. The number of aliphatic hydroxyl groups excluding tert-OH is 1. The molecule has 2 rings (SSSR count). The van der Waals surface area contributed by atoms with Crippen LogP contribution in [0.25, 0.3) is 0 Å². The molecule has 0 radical (unpaired) electrons. The van der Waals surface area contributed by atoms with E-state index in [1.807, 2.05) is 0 Å². The molecule has 1 fully saturated rings. The number of rotatable bonds is 3. The van der Waals surface area contributed by atoms with Gasteiger partial charge in [-0.2, -0.15) is 0 Å².